The third-order valence-corrected chi connectivity index (χ3v) is 4.10. The molecule has 6 heteroatoms. The van der Waals surface area contributed by atoms with E-state index in [-0.39, 0.29) is 11.7 Å². The van der Waals surface area contributed by atoms with Gasteiger partial charge in [-0.25, -0.2) is 9.50 Å². The number of ketones is 1. The second-order valence-electron chi connectivity index (χ2n) is 5.38. The molecule has 0 spiro atoms. The number of carbonyl (C=O) groups is 1. The molecule has 2 heterocycles. The van der Waals surface area contributed by atoms with Gasteiger partial charge in [0, 0.05) is 18.5 Å². The summed E-state index contributed by atoms with van der Waals surface area (Å²) in [6.07, 6.45) is 4.32. The summed E-state index contributed by atoms with van der Waals surface area (Å²) >= 11 is 0. The lowest BCUT2D eigenvalue weighted by Gasteiger charge is -2.24. The maximum atomic E-state index is 12.5. The van der Waals surface area contributed by atoms with Gasteiger partial charge in [-0.15, -0.1) is 0 Å². The van der Waals surface area contributed by atoms with Gasteiger partial charge in [-0.05, 0) is 18.1 Å². The Balaban J connectivity index is 1.79. The Morgan fingerprint density at radius 3 is 3.00 bits per heavy atom. The third-order valence-electron chi connectivity index (χ3n) is 4.10. The standard InChI is InChI=1S/C16H14N4O2/c1-22-15-5-3-2-4-11(15)10-6-13-12(14(21)7-10)8-20-16(19-13)17-9-18-20/h2-5,8-10H,6-7H2,1H3/t10-/m1/s1. The first-order chi connectivity index (χ1) is 10.8. The van der Waals surface area contributed by atoms with Crippen LogP contribution in [0, 0.1) is 0 Å². The van der Waals surface area contributed by atoms with Crippen LogP contribution >= 0.6 is 0 Å². The van der Waals surface area contributed by atoms with E-state index < -0.39 is 0 Å². The first kappa shape index (κ1) is 12.9. The number of benzene rings is 1. The van der Waals surface area contributed by atoms with E-state index in [1.807, 2.05) is 24.3 Å². The minimum Gasteiger partial charge on any atom is -0.496 e. The number of hydrogen-bond acceptors (Lipinski definition) is 5. The Bertz CT molecular complexity index is 871. The predicted molar refractivity (Wildman–Crippen MR) is 79.2 cm³/mol. The molecule has 0 aliphatic heterocycles. The summed E-state index contributed by atoms with van der Waals surface area (Å²) in [5.41, 5.74) is 2.48. The van der Waals surface area contributed by atoms with Crippen LogP contribution in [0.5, 0.6) is 5.75 Å². The van der Waals surface area contributed by atoms with Crippen molar-refractivity contribution in [3.05, 3.63) is 53.6 Å². The van der Waals surface area contributed by atoms with Crippen molar-refractivity contribution in [2.75, 3.05) is 7.11 Å². The Hall–Kier alpha value is -2.76. The average Bonchev–Trinajstić information content (AvgIpc) is 3.00. The number of ether oxygens (including phenoxy) is 1. The number of hydrogen-bond donors (Lipinski definition) is 0. The molecule has 0 unspecified atom stereocenters. The first-order valence-corrected chi connectivity index (χ1v) is 7.11. The summed E-state index contributed by atoms with van der Waals surface area (Å²) in [4.78, 5) is 21.1. The largest absolute Gasteiger partial charge is 0.496 e. The fourth-order valence-electron chi connectivity index (χ4n) is 3.04. The molecule has 22 heavy (non-hydrogen) atoms. The van der Waals surface area contributed by atoms with Crippen LogP contribution in [0.3, 0.4) is 0 Å². The Morgan fingerprint density at radius 1 is 1.27 bits per heavy atom. The van der Waals surface area contributed by atoms with Gasteiger partial charge in [0.1, 0.15) is 12.1 Å². The number of nitrogens with zero attached hydrogens (tertiary/aromatic N) is 4. The summed E-state index contributed by atoms with van der Waals surface area (Å²) in [6.45, 7) is 0. The third kappa shape index (κ3) is 1.95. The fourth-order valence-corrected chi connectivity index (χ4v) is 3.04. The average molecular weight is 294 g/mol. The van der Waals surface area contributed by atoms with Crippen molar-refractivity contribution in [2.45, 2.75) is 18.8 Å². The van der Waals surface area contributed by atoms with Gasteiger partial charge in [0.25, 0.3) is 5.78 Å². The van der Waals surface area contributed by atoms with E-state index in [0.29, 0.717) is 24.2 Å². The maximum Gasteiger partial charge on any atom is 0.252 e. The summed E-state index contributed by atoms with van der Waals surface area (Å²) in [6, 6.07) is 7.83. The van der Waals surface area contributed by atoms with Crippen LogP contribution in [-0.4, -0.2) is 32.5 Å². The molecule has 0 saturated carbocycles. The van der Waals surface area contributed by atoms with Crippen molar-refractivity contribution >= 4 is 11.6 Å². The summed E-state index contributed by atoms with van der Waals surface area (Å²) < 4.78 is 6.96. The van der Waals surface area contributed by atoms with Crippen LogP contribution in [0.2, 0.25) is 0 Å². The number of methoxy groups -OCH3 is 1. The van der Waals surface area contributed by atoms with Crippen LogP contribution in [0.4, 0.5) is 0 Å². The molecular formula is C16H14N4O2. The SMILES string of the molecule is COc1ccccc1[C@H]1CC(=O)c2cn3ncnc3nc2C1. The molecule has 2 aromatic heterocycles. The van der Waals surface area contributed by atoms with Gasteiger partial charge in [0.15, 0.2) is 5.78 Å². The second-order valence-corrected chi connectivity index (χ2v) is 5.38. The highest BCUT2D eigenvalue weighted by atomic mass is 16.5. The van der Waals surface area contributed by atoms with Crippen LogP contribution in [0.15, 0.2) is 36.8 Å². The van der Waals surface area contributed by atoms with Crippen molar-refractivity contribution in [3.8, 4) is 5.75 Å². The zero-order valence-electron chi connectivity index (χ0n) is 12.1. The molecule has 0 bridgehead atoms. The van der Waals surface area contributed by atoms with E-state index in [0.717, 1.165) is 17.0 Å². The number of fused-ring (bicyclic) bond motifs is 2. The van der Waals surface area contributed by atoms with E-state index in [1.165, 1.54) is 6.33 Å². The maximum absolute atomic E-state index is 12.5. The molecule has 6 nitrogen and oxygen atoms in total. The van der Waals surface area contributed by atoms with Gasteiger partial charge < -0.3 is 4.74 Å². The number of aromatic nitrogens is 4. The van der Waals surface area contributed by atoms with E-state index in [2.05, 4.69) is 15.1 Å². The number of Topliss-reactive ketones (excluding diaryl/α,β-unsaturated/α-hetero) is 1. The van der Waals surface area contributed by atoms with Crippen molar-refractivity contribution < 1.29 is 9.53 Å². The molecule has 3 aromatic rings. The lowest BCUT2D eigenvalue weighted by atomic mass is 9.82. The quantitative estimate of drug-likeness (QED) is 0.723. The second kappa shape index (κ2) is 4.91. The van der Waals surface area contributed by atoms with Crippen LogP contribution in [0.1, 0.15) is 34.0 Å². The van der Waals surface area contributed by atoms with Crippen LogP contribution < -0.4 is 4.74 Å². The Labute approximate surface area is 126 Å². The van der Waals surface area contributed by atoms with Gasteiger partial charge in [-0.2, -0.15) is 10.1 Å². The van der Waals surface area contributed by atoms with Crippen molar-refractivity contribution in [3.63, 3.8) is 0 Å². The van der Waals surface area contributed by atoms with E-state index >= 15 is 0 Å². The molecule has 0 saturated heterocycles. The molecule has 0 N–H and O–H groups in total. The zero-order valence-corrected chi connectivity index (χ0v) is 12.1. The minimum atomic E-state index is 0.0778. The molecule has 0 amide bonds. The lowest BCUT2D eigenvalue weighted by molar-refractivity contribution is 0.0962. The van der Waals surface area contributed by atoms with E-state index in [9.17, 15) is 4.79 Å². The smallest absolute Gasteiger partial charge is 0.252 e. The van der Waals surface area contributed by atoms with Gasteiger partial charge >= 0.3 is 0 Å². The molecule has 1 aliphatic carbocycles. The van der Waals surface area contributed by atoms with Crippen molar-refractivity contribution in [1.29, 1.82) is 0 Å². The molecule has 1 aliphatic rings. The molecule has 0 fully saturated rings. The van der Waals surface area contributed by atoms with Gasteiger partial charge in [-0.3, -0.25) is 4.79 Å². The minimum absolute atomic E-state index is 0.0778. The lowest BCUT2D eigenvalue weighted by Crippen LogP contribution is -2.21. The highest BCUT2D eigenvalue weighted by Crippen LogP contribution is 2.36. The fraction of sp³-hybridized carbons (Fsp3) is 0.250. The van der Waals surface area contributed by atoms with Crippen molar-refractivity contribution in [1.82, 2.24) is 19.6 Å². The number of para-hydroxylation sites is 1. The molecule has 110 valence electrons. The first-order valence-electron chi connectivity index (χ1n) is 7.11. The topological polar surface area (TPSA) is 69.4 Å². The van der Waals surface area contributed by atoms with Crippen LogP contribution in [0.25, 0.3) is 5.78 Å². The normalized spacial score (nSPS) is 17.5. The summed E-state index contributed by atoms with van der Waals surface area (Å²) in [5, 5.41) is 4.04. The zero-order chi connectivity index (χ0) is 15.1. The van der Waals surface area contributed by atoms with Crippen molar-refractivity contribution in [2.24, 2.45) is 0 Å². The highest BCUT2D eigenvalue weighted by Gasteiger charge is 2.29. The highest BCUT2D eigenvalue weighted by molar-refractivity contribution is 5.98. The van der Waals surface area contributed by atoms with Gasteiger partial charge in [0.2, 0.25) is 0 Å². The molecule has 1 aromatic carbocycles. The van der Waals surface area contributed by atoms with Crippen LogP contribution in [-0.2, 0) is 6.42 Å². The predicted octanol–water partition coefficient (Wildman–Crippen LogP) is 2.05. The molecule has 1 atom stereocenters. The summed E-state index contributed by atoms with van der Waals surface area (Å²) in [5.74, 6) is 1.50. The molecule has 0 radical (unpaired) electrons. The molecular weight excluding hydrogens is 280 g/mol. The molecule has 4 rings (SSSR count). The Kier molecular flexibility index (Phi) is 2.89. The van der Waals surface area contributed by atoms with Gasteiger partial charge in [-0.1, -0.05) is 18.2 Å². The van der Waals surface area contributed by atoms with Gasteiger partial charge in [0.05, 0.1) is 18.4 Å². The van der Waals surface area contributed by atoms with E-state index in [1.54, 1.807) is 17.8 Å². The summed E-state index contributed by atoms with van der Waals surface area (Å²) in [7, 11) is 1.65. The Morgan fingerprint density at radius 2 is 2.14 bits per heavy atom. The number of carbonyl (C=O) groups excluding carboxylic acids is 1. The van der Waals surface area contributed by atoms with E-state index in [4.69, 9.17) is 4.74 Å². The number of rotatable bonds is 2. The monoisotopic (exact) mass is 294 g/mol.